The first-order valence-corrected chi connectivity index (χ1v) is 7.18. The zero-order valence-electron chi connectivity index (χ0n) is 11.2. The fourth-order valence-corrected chi connectivity index (χ4v) is 3.48. The summed E-state index contributed by atoms with van der Waals surface area (Å²) in [6.45, 7) is 1.01. The summed E-state index contributed by atoms with van der Waals surface area (Å²) in [6, 6.07) is 15.1. The van der Waals surface area contributed by atoms with Crippen molar-refractivity contribution in [1.29, 1.82) is 0 Å². The van der Waals surface area contributed by atoms with Gasteiger partial charge in [-0.25, -0.2) is 4.79 Å². The van der Waals surface area contributed by atoms with E-state index in [4.69, 9.17) is 16.3 Å². The Bertz CT molecular complexity index is 719. The highest BCUT2D eigenvalue weighted by molar-refractivity contribution is 6.32. The molecule has 0 aromatic heterocycles. The van der Waals surface area contributed by atoms with E-state index in [1.54, 1.807) is 4.90 Å². The van der Waals surface area contributed by atoms with Gasteiger partial charge in [-0.15, -0.1) is 0 Å². The molecule has 21 heavy (non-hydrogen) atoms. The number of rotatable bonds is 1. The highest BCUT2D eigenvalue weighted by atomic mass is 35.5. The van der Waals surface area contributed by atoms with Crippen molar-refractivity contribution in [3.8, 4) is 0 Å². The van der Waals surface area contributed by atoms with Gasteiger partial charge in [0, 0.05) is 12.1 Å². The second-order valence-corrected chi connectivity index (χ2v) is 5.51. The molecule has 2 heterocycles. The largest absolute Gasteiger partial charge is 0.345 e. The van der Waals surface area contributed by atoms with Crippen LogP contribution in [0.4, 0.5) is 10.5 Å². The first-order chi connectivity index (χ1) is 10.2. The Morgan fingerprint density at radius 1 is 1.14 bits per heavy atom. The summed E-state index contributed by atoms with van der Waals surface area (Å²) < 4.78 is 6.09. The minimum atomic E-state index is -0.933. The minimum absolute atomic E-state index is 0.161. The lowest BCUT2D eigenvalue weighted by Gasteiger charge is -2.42. The second kappa shape index (κ2) is 4.48. The van der Waals surface area contributed by atoms with Crippen molar-refractivity contribution in [1.82, 2.24) is 4.90 Å². The molecule has 1 saturated heterocycles. The van der Waals surface area contributed by atoms with Gasteiger partial charge < -0.3 is 10.1 Å². The van der Waals surface area contributed by atoms with Gasteiger partial charge in [0.15, 0.2) is 0 Å². The van der Waals surface area contributed by atoms with E-state index < -0.39 is 5.72 Å². The van der Waals surface area contributed by atoms with Crippen molar-refractivity contribution in [2.24, 2.45) is 0 Å². The number of hydrogen-bond acceptors (Lipinski definition) is 2. The first kappa shape index (κ1) is 12.7. The molecule has 0 radical (unpaired) electrons. The minimum Gasteiger partial charge on any atom is -0.345 e. The molecule has 2 amide bonds. The summed E-state index contributed by atoms with van der Waals surface area (Å²) in [7, 11) is 0. The number of amides is 2. The standard InChI is InChI=1S/C16H13ClN2O2/c17-12-7-4-8-13-14(12)16(11-5-2-1-3-6-11)19(9-10-21-16)15(20)18-13/h1-8H,9-10H2,(H,18,20). The van der Waals surface area contributed by atoms with Crippen molar-refractivity contribution < 1.29 is 9.53 Å². The SMILES string of the molecule is O=C1Nc2cccc(Cl)c2C2(c3ccccc3)OCCN12. The maximum Gasteiger partial charge on any atom is 0.324 e. The zero-order chi connectivity index (χ0) is 14.4. The van der Waals surface area contributed by atoms with Crippen LogP contribution in [0.3, 0.4) is 0 Å². The summed E-state index contributed by atoms with van der Waals surface area (Å²) >= 11 is 6.44. The fraction of sp³-hybridized carbons (Fsp3) is 0.188. The Morgan fingerprint density at radius 2 is 1.95 bits per heavy atom. The third kappa shape index (κ3) is 1.63. The number of hydrogen-bond donors (Lipinski definition) is 1. The third-order valence-corrected chi connectivity index (χ3v) is 4.33. The third-order valence-electron chi connectivity index (χ3n) is 4.01. The molecule has 0 saturated carbocycles. The molecule has 2 aliphatic heterocycles. The van der Waals surface area contributed by atoms with Crippen LogP contribution in [0.5, 0.6) is 0 Å². The normalized spacial score (nSPS) is 23.5. The van der Waals surface area contributed by atoms with Gasteiger partial charge in [0.1, 0.15) is 0 Å². The Labute approximate surface area is 127 Å². The molecule has 1 N–H and O–H groups in total. The van der Waals surface area contributed by atoms with Crippen molar-refractivity contribution in [3.05, 3.63) is 64.7 Å². The van der Waals surface area contributed by atoms with Gasteiger partial charge in [-0.1, -0.05) is 48.0 Å². The van der Waals surface area contributed by atoms with Crippen LogP contribution in [0, 0.1) is 0 Å². The number of fused-ring (bicyclic) bond motifs is 3. The molecule has 0 bridgehead atoms. The molecule has 2 aromatic carbocycles. The maximum absolute atomic E-state index is 12.4. The molecule has 0 spiro atoms. The molecular formula is C16H13ClN2O2. The lowest BCUT2D eigenvalue weighted by Crippen LogP contribution is -2.52. The Morgan fingerprint density at radius 3 is 2.76 bits per heavy atom. The van der Waals surface area contributed by atoms with Crippen LogP contribution in [0.2, 0.25) is 5.02 Å². The highest BCUT2D eigenvalue weighted by Crippen LogP contribution is 2.49. The number of anilines is 1. The molecule has 2 aromatic rings. The number of nitrogens with zero attached hydrogens (tertiary/aromatic N) is 1. The van der Waals surface area contributed by atoms with E-state index in [0.29, 0.717) is 23.9 Å². The summed E-state index contributed by atoms with van der Waals surface area (Å²) in [5.41, 5.74) is 1.48. The molecule has 1 unspecified atom stereocenters. The number of ether oxygens (including phenoxy) is 1. The monoisotopic (exact) mass is 300 g/mol. The number of halogens is 1. The molecule has 1 atom stereocenters. The van der Waals surface area contributed by atoms with Gasteiger partial charge >= 0.3 is 6.03 Å². The van der Waals surface area contributed by atoms with Gasteiger partial charge in [0.2, 0.25) is 5.72 Å². The van der Waals surface area contributed by atoms with E-state index in [1.165, 1.54) is 0 Å². The molecular weight excluding hydrogens is 288 g/mol. The predicted molar refractivity (Wildman–Crippen MR) is 80.4 cm³/mol. The van der Waals surface area contributed by atoms with Crippen LogP contribution in [0.25, 0.3) is 0 Å². The summed E-state index contributed by atoms with van der Waals surface area (Å²) in [5, 5.41) is 3.48. The fourth-order valence-electron chi connectivity index (χ4n) is 3.17. The second-order valence-electron chi connectivity index (χ2n) is 5.10. The average molecular weight is 301 g/mol. The van der Waals surface area contributed by atoms with Gasteiger partial charge in [-0.05, 0) is 12.1 Å². The Balaban J connectivity index is 2.05. The average Bonchev–Trinajstić information content (AvgIpc) is 2.95. The Kier molecular flexibility index (Phi) is 2.71. The predicted octanol–water partition coefficient (Wildman–Crippen LogP) is 3.42. The van der Waals surface area contributed by atoms with E-state index in [-0.39, 0.29) is 6.03 Å². The number of benzene rings is 2. The molecule has 4 rings (SSSR count). The van der Waals surface area contributed by atoms with Crippen LogP contribution < -0.4 is 5.32 Å². The van der Waals surface area contributed by atoms with Crippen LogP contribution >= 0.6 is 11.6 Å². The number of carbonyl (C=O) groups is 1. The van der Waals surface area contributed by atoms with E-state index in [1.807, 2.05) is 48.5 Å². The quantitative estimate of drug-likeness (QED) is 0.877. The summed E-state index contributed by atoms with van der Waals surface area (Å²) in [6.07, 6.45) is 0. The number of carbonyl (C=O) groups excluding carboxylic acids is 1. The van der Waals surface area contributed by atoms with E-state index >= 15 is 0 Å². The van der Waals surface area contributed by atoms with E-state index in [2.05, 4.69) is 5.32 Å². The number of nitrogens with one attached hydrogen (secondary N) is 1. The van der Waals surface area contributed by atoms with Crippen LogP contribution in [0.1, 0.15) is 11.1 Å². The van der Waals surface area contributed by atoms with Crippen molar-refractivity contribution in [2.45, 2.75) is 5.72 Å². The molecule has 5 heteroatoms. The van der Waals surface area contributed by atoms with Crippen LogP contribution in [0.15, 0.2) is 48.5 Å². The van der Waals surface area contributed by atoms with Crippen LogP contribution in [-0.4, -0.2) is 24.1 Å². The van der Waals surface area contributed by atoms with Crippen molar-refractivity contribution >= 4 is 23.3 Å². The van der Waals surface area contributed by atoms with Crippen LogP contribution in [-0.2, 0) is 10.5 Å². The number of urea groups is 1. The molecule has 1 fully saturated rings. The van der Waals surface area contributed by atoms with Gasteiger partial charge in [0.25, 0.3) is 0 Å². The zero-order valence-corrected chi connectivity index (χ0v) is 11.9. The lowest BCUT2D eigenvalue weighted by molar-refractivity contribution is -0.0324. The lowest BCUT2D eigenvalue weighted by atomic mass is 9.90. The van der Waals surface area contributed by atoms with E-state index in [9.17, 15) is 4.79 Å². The molecule has 0 aliphatic carbocycles. The van der Waals surface area contributed by atoms with Crippen molar-refractivity contribution in [2.75, 3.05) is 18.5 Å². The van der Waals surface area contributed by atoms with Crippen molar-refractivity contribution in [3.63, 3.8) is 0 Å². The van der Waals surface area contributed by atoms with E-state index in [0.717, 1.165) is 11.1 Å². The highest BCUT2D eigenvalue weighted by Gasteiger charge is 2.53. The maximum atomic E-state index is 12.4. The summed E-state index contributed by atoms with van der Waals surface area (Å²) in [5.74, 6) is 0. The molecule has 4 nitrogen and oxygen atoms in total. The molecule has 2 aliphatic rings. The van der Waals surface area contributed by atoms with Gasteiger partial charge in [-0.3, -0.25) is 4.90 Å². The first-order valence-electron chi connectivity index (χ1n) is 6.80. The summed E-state index contributed by atoms with van der Waals surface area (Å²) in [4.78, 5) is 14.1. The Hall–Kier alpha value is -2.04. The topological polar surface area (TPSA) is 41.6 Å². The smallest absolute Gasteiger partial charge is 0.324 e. The van der Waals surface area contributed by atoms with Gasteiger partial charge in [0.05, 0.1) is 22.9 Å². The van der Waals surface area contributed by atoms with Gasteiger partial charge in [-0.2, -0.15) is 0 Å². The molecule has 106 valence electrons.